The van der Waals surface area contributed by atoms with Gasteiger partial charge in [-0.2, -0.15) is 0 Å². The molecule has 0 amide bonds. The lowest BCUT2D eigenvalue weighted by Gasteiger charge is -2.33. The van der Waals surface area contributed by atoms with Gasteiger partial charge in [0.1, 0.15) is 16.5 Å². The van der Waals surface area contributed by atoms with Crippen LogP contribution in [0.2, 0.25) is 0 Å². The Morgan fingerprint density at radius 3 is 2.76 bits per heavy atom. The highest BCUT2D eigenvalue weighted by atomic mass is 32.1. The highest BCUT2D eigenvalue weighted by Crippen LogP contribution is 2.27. The van der Waals surface area contributed by atoms with Gasteiger partial charge in [-0.15, -0.1) is 11.3 Å². The summed E-state index contributed by atoms with van der Waals surface area (Å²) in [4.78, 5) is 13.0. The summed E-state index contributed by atoms with van der Waals surface area (Å²) in [7, 11) is 1.93. The smallest absolute Gasteiger partial charge is 0.146 e. The normalized spacial score (nSPS) is 17.7. The Morgan fingerprint density at radius 2 is 2.10 bits per heavy atom. The monoisotopic (exact) mass is 304 g/mol. The lowest BCUT2D eigenvalue weighted by molar-refractivity contribution is 0.149. The fourth-order valence-electron chi connectivity index (χ4n) is 3.14. The van der Waals surface area contributed by atoms with E-state index in [2.05, 4.69) is 40.5 Å². The molecule has 0 atom stereocenters. The molecule has 1 fully saturated rings. The van der Waals surface area contributed by atoms with Crippen LogP contribution in [0, 0.1) is 11.8 Å². The van der Waals surface area contributed by atoms with Gasteiger partial charge in [-0.1, -0.05) is 13.8 Å². The lowest BCUT2D eigenvalue weighted by Crippen LogP contribution is -2.35. The van der Waals surface area contributed by atoms with Crippen LogP contribution in [-0.2, 0) is 6.54 Å². The van der Waals surface area contributed by atoms with Gasteiger partial charge in [0.25, 0.3) is 0 Å². The van der Waals surface area contributed by atoms with Crippen molar-refractivity contribution in [2.75, 3.05) is 25.5 Å². The Hall–Kier alpha value is -1.20. The molecular weight excluding hydrogens is 280 g/mol. The third kappa shape index (κ3) is 3.19. The van der Waals surface area contributed by atoms with Crippen molar-refractivity contribution in [1.82, 2.24) is 14.9 Å². The maximum atomic E-state index is 4.72. The van der Waals surface area contributed by atoms with Crippen LogP contribution in [0.25, 0.3) is 10.2 Å². The van der Waals surface area contributed by atoms with Crippen LogP contribution in [0.1, 0.15) is 32.5 Å². The van der Waals surface area contributed by atoms with Crippen LogP contribution in [-0.4, -0.2) is 35.0 Å². The summed E-state index contributed by atoms with van der Waals surface area (Å²) in [5, 5.41) is 6.40. The van der Waals surface area contributed by atoms with E-state index in [1.54, 1.807) is 11.3 Å². The number of anilines is 1. The van der Waals surface area contributed by atoms with Crippen LogP contribution in [0.3, 0.4) is 0 Å². The number of likely N-dealkylation sites (tertiary alicyclic amines) is 1. The molecule has 0 bridgehead atoms. The van der Waals surface area contributed by atoms with Crippen molar-refractivity contribution in [1.29, 1.82) is 0 Å². The molecule has 1 saturated heterocycles. The van der Waals surface area contributed by atoms with Gasteiger partial charge >= 0.3 is 0 Å². The molecule has 1 N–H and O–H groups in total. The maximum absolute atomic E-state index is 4.72. The number of fused-ring (bicyclic) bond motifs is 1. The van der Waals surface area contributed by atoms with E-state index in [-0.39, 0.29) is 0 Å². The summed E-state index contributed by atoms with van der Waals surface area (Å²) in [6.45, 7) is 7.89. The van der Waals surface area contributed by atoms with Gasteiger partial charge in [-0.3, -0.25) is 4.90 Å². The van der Waals surface area contributed by atoms with E-state index in [9.17, 15) is 0 Å². The van der Waals surface area contributed by atoms with Gasteiger partial charge in [-0.05, 0) is 49.2 Å². The van der Waals surface area contributed by atoms with Crippen molar-refractivity contribution >= 4 is 27.4 Å². The molecule has 3 heterocycles. The molecule has 114 valence electrons. The largest absolute Gasteiger partial charge is 0.372 e. The molecule has 4 nitrogen and oxygen atoms in total. The number of nitrogens with zero attached hydrogens (tertiary/aromatic N) is 3. The van der Waals surface area contributed by atoms with E-state index in [0.717, 1.165) is 40.2 Å². The molecule has 21 heavy (non-hydrogen) atoms. The number of piperidine rings is 1. The predicted molar refractivity (Wildman–Crippen MR) is 89.8 cm³/mol. The van der Waals surface area contributed by atoms with Gasteiger partial charge in [0, 0.05) is 7.05 Å². The third-order valence-corrected chi connectivity index (χ3v) is 5.35. The van der Waals surface area contributed by atoms with Gasteiger partial charge in [0.05, 0.1) is 11.9 Å². The van der Waals surface area contributed by atoms with Gasteiger partial charge in [-0.25, -0.2) is 9.97 Å². The Morgan fingerprint density at radius 1 is 1.33 bits per heavy atom. The minimum absolute atomic E-state index is 0.807. The van der Waals surface area contributed by atoms with E-state index in [1.807, 2.05) is 7.05 Å². The second kappa shape index (κ2) is 6.28. The van der Waals surface area contributed by atoms with E-state index in [0.29, 0.717) is 0 Å². The minimum Gasteiger partial charge on any atom is -0.372 e. The fraction of sp³-hybridized carbons (Fsp3) is 0.625. The van der Waals surface area contributed by atoms with Crippen molar-refractivity contribution in [2.24, 2.45) is 11.8 Å². The first-order valence-electron chi connectivity index (χ1n) is 7.81. The number of hydrogen-bond donors (Lipinski definition) is 1. The number of aromatic nitrogens is 2. The summed E-state index contributed by atoms with van der Waals surface area (Å²) < 4.78 is 0. The van der Waals surface area contributed by atoms with Crippen molar-refractivity contribution in [3.8, 4) is 0 Å². The zero-order chi connectivity index (χ0) is 14.8. The second-order valence-electron chi connectivity index (χ2n) is 6.24. The Labute approximate surface area is 130 Å². The zero-order valence-corrected chi connectivity index (χ0v) is 13.9. The van der Waals surface area contributed by atoms with Gasteiger partial charge < -0.3 is 5.32 Å². The fourth-order valence-corrected chi connectivity index (χ4v) is 3.92. The minimum atomic E-state index is 0.807. The summed E-state index contributed by atoms with van der Waals surface area (Å²) in [5.74, 6) is 3.59. The molecule has 0 spiro atoms. The average molecular weight is 304 g/mol. The quantitative estimate of drug-likeness (QED) is 0.937. The van der Waals surface area contributed by atoms with Crippen molar-refractivity contribution in [3.05, 3.63) is 17.3 Å². The van der Waals surface area contributed by atoms with Crippen LogP contribution in [0.15, 0.2) is 11.4 Å². The topological polar surface area (TPSA) is 41.1 Å². The summed E-state index contributed by atoms with van der Waals surface area (Å²) in [6.07, 6.45) is 2.61. The average Bonchev–Trinajstić information content (AvgIpc) is 2.95. The zero-order valence-electron chi connectivity index (χ0n) is 13.1. The summed E-state index contributed by atoms with van der Waals surface area (Å²) in [5.41, 5.74) is 0. The molecule has 2 aromatic heterocycles. The van der Waals surface area contributed by atoms with Crippen LogP contribution >= 0.6 is 11.3 Å². The highest BCUT2D eigenvalue weighted by molar-refractivity contribution is 7.16. The third-order valence-electron chi connectivity index (χ3n) is 4.55. The molecule has 1 aliphatic heterocycles. The molecule has 0 unspecified atom stereocenters. The van der Waals surface area contributed by atoms with Crippen molar-refractivity contribution < 1.29 is 0 Å². The number of nitrogens with one attached hydrogen (secondary N) is 1. The molecule has 0 aliphatic carbocycles. The Bertz CT molecular complexity index is 599. The van der Waals surface area contributed by atoms with E-state index in [1.165, 1.54) is 25.9 Å². The number of rotatable bonds is 4. The van der Waals surface area contributed by atoms with Crippen LogP contribution < -0.4 is 5.32 Å². The Balaban J connectivity index is 1.71. The van der Waals surface area contributed by atoms with Crippen molar-refractivity contribution in [2.45, 2.75) is 33.2 Å². The highest BCUT2D eigenvalue weighted by Gasteiger charge is 2.22. The summed E-state index contributed by atoms with van der Waals surface area (Å²) >= 11 is 1.69. The van der Waals surface area contributed by atoms with Crippen LogP contribution in [0.4, 0.5) is 5.82 Å². The predicted octanol–water partition coefficient (Wildman–Crippen LogP) is 3.60. The van der Waals surface area contributed by atoms with Crippen LogP contribution in [0.5, 0.6) is 0 Å². The van der Waals surface area contributed by atoms with Gasteiger partial charge in [0.15, 0.2) is 0 Å². The lowest BCUT2D eigenvalue weighted by atomic mass is 9.87. The Kier molecular flexibility index (Phi) is 4.40. The first kappa shape index (κ1) is 14.7. The van der Waals surface area contributed by atoms with E-state index >= 15 is 0 Å². The first-order valence-corrected chi connectivity index (χ1v) is 8.69. The number of thiophene rings is 1. The second-order valence-corrected chi connectivity index (χ2v) is 7.13. The molecule has 0 aromatic carbocycles. The summed E-state index contributed by atoms with van der Waals surface area (Å²) in [6, 6.07) is 2.09. The van der Waals surface area contributed by atoms with E-state index < -0.39 is 0 Å². The van der Waals surface area contributed by atoms with E-state index in [4.69, 9.17) is 4.98 Å². The maximum Gasteiger partial charge on any atom is 0.146 e. The molecule has 5 heteroatoms. The van der Waals surface area contributed by atoms with Gasteiger partial charge in [0.2, 0.25) is 0 Å². The standard InChI is InChI=1S/C16H24N4S/c1-11(2)12-4-7-20(8-5-12)10-14-18-15(17-3)13-6-9-21-16(13)19-14/h6,9,11-12H,4-5,7-8,10H2,1-3H3,(H,17,18,19). The molecule has 0 radical (unpaired) electrons. The SMILES string of the molecule is CNc1nc(CN2CCC(C(C)C)CC2)nc2sccc12. The molecule has 1 aliphatic rings. The molecule has 0 saturated carbocycles. The molecular formula is C16H24N4S. The number of hydrogen-bond acceptors (Lipinski definition) is 5. The first-order chi connectivity index (χ1) is 10.2. The van der Waals surface area contributed by atoms with Crippen molar-refractivity contribution in [3.63, 3.8) is 0 Å². The molecule has 3 rings (SSSR count). The molecule has 2 aromatic rings.